The van der Waals surface area contributed by atoms with Crippen molar-refractivity contribution in [2.75, 3.05) is 13.2 Å². The molecule has 0 aliphatic heterocycles. The molecule has 0 aromatic heterocycles. The average molecular weight is 321 g/mol. The molecule has 0 saturated heterocycles. The smallest absolute Gasteiger partial charge is 0.185 e. The molecule has 0 aliphatic carbocycles. The molecule has 0 radical (unpaired) electrons. The van der Waals surface area contributed by atoms with Crippen LogP contribution in [0.5, 0.6) is 11.5 Å². The number of carbonyl (C=O) groups is 1. The molecule has 0 fully saturated rings. The number of nitriles is 1. The van der Waals surface area contributed by atoms with Gasteiger partial charge in [0.05, 0.1) is 6.61 Å². The number of ether oxygens (including phenoxy) is 2. The molecule has 2 rings (SSSR count). The third kappa shape index (κ3) is 5.29. The van der Waals surface area contributed by atoms with Gasteiger partial charge in [-0.25, -0.2) is 0 Å². The van der Waals surface area contributed by atoms with E-state index in [1.807, 2.05) is 25.1 Å². The molecule has 0 heterocycles. The lowest BCUT2D eigenvalue weighted by molar-refractivity contribution is 0.104. The molecule has 122 valence electrons. The van der Waals surface area contributed by atoms with Gasteiger partial charge in [-0.3, -0.25) is 4.79 Å². The molecule has 24 heavy (non-hydrogen) atoms. The number of ketones is 1. The highest BCUT2D eigenvalue weighted by Gasteiger charge is 2.02. The highest BCUT2D eigenvalue weighted by molar-refractivity contribution is 6.06. The predicted octanol–water partition coefficient (Wildman–Crippen LogP) is 4.27. The summed E-state index contributed by atoms with van der Waals surface area (Å²) in [5.74, 6) is 1.33. The Labute approximate surface area is 141 Å². The van der Waals surface area contributed by atoms with Gasteiger partial charge in [-0.1, -0.05) is 25.1 Å². The zero-order chi connectivity index (χ0) is 17.2. The summed E-state index contributed by atoms with van der Waals surface area (Å²) in [6, 6.07) is 16.2. The van der Waals surface area contributed by atoms with Crippen LogP contribution in [-0.2, 0) is 0 Å². The Kier molecular flexibility index (Phi) is 6.60. The molecule has 4 nitrogen and oxygen atoms in total. The van der Waals surface area contributed by atoms with Crippen molar-refractivity contribution < 1.29 is 14.3 Å². The zero-order valence-corrected chi connectivity index (χ0v) is 13.6. The summed E-state index contributed by atoms with van der Waals surface area (Å²) in [7, 11) is 0. The monoisotopic (exact) mass is 321 g/mol. The highest BCUT2D eigenvalue weighted by Crippen LogP contribution is 2.15. The van der Waals surface area contributed by atoms with E-state index in [4.69, 9.17) is 14.7 Å². The van der Waals surface area contributed by atoms with Crippen molar-refractivity contribution in [1.82, 2.24) is 0 Å². The summed E-state index contributed by atoms with van der Waals surface area (Å²) in [6.45, 7) is 2.73. The lowest BCUT2D eigenvalue weighted by Crippen LogP contribution is -1.97. The highest BCUT2D eigenvalue weighted by atomic mass is 16.5. The van der Waals surface area contributed by atoms with E-state index < -0.39 is 0 Å². The largest absolute Gasteiger partial charge is 0.494 e. The summed E-state index contributed by atoms with van der Waals surface area (Å²) in [4.78, 5) is 12.2. The number of carbonyl (C=O) groups excluding carboxylic acids is 1. The molecule has 0 aliphatic rings. The Morgan fingerprint density at radius 2 is 1.67 bits per heavy atom. The van der Waals surface area contributed by atoms with Gasteiger partial charge in [0.25, 0.3) is 0 Å². The third-order valence-corrected chi connectivity index (χ3v) is 3.22. The quantitative estimate of drug-likeness (QED) is 0.538. The minimum atomic E-state index is -0.0677. The van der Waals surface area contributed by atoms with Gasteiger partial charge >= 0.3 is 0 Å². The minimum absolute atomic E-state index is 0.0195. The number of hydrogen-bond donors (Lipinski definition) is 0. The van der Waals surface area contributed by atoms with Crippen LogP contribution in [0.15, 0.2) is 54.6 Å². The zero-order valence-electron chi connectivity index (χ0n) is 13.6. The van der Waals surface area contributed by atoms with Crippen molar-refractivity contribution >= 4 is 11.9 Å². The first kappa shape index (κ1) is 17.3. The van der Waals surface area contributed by atoms with E-state index in [-0.39, 0.29) is 12.4 Å². The van der Waals surface area contributed by atoms with Gasteiger partial charge in [-0.15, -0.1) is 0 Å². The molecule has 0 saturated carbocycles. The van der Waals surface area contributed by atoms with E-state index in [0.717, 1.165) is 17.7 Å². The summed E-state index contributed by atoms with van der Waals surface area (Å²) in [5, 5.41) is 8.46. The topological polar surface area (TPSA) is 59.3 Å². The maximum Gasteiger partial charge on any atom is 0.185 e. The Morgan fingerprint density at radius 1 is 1.04 bits per heavy atom. The summed E-state index contributed by atoms with van der Waals surface area (Å²) in [5.41, 5.74) is 1.50. The normalized spacial score (nSPS) is 10.3. The minimum Gasteiger partial charge on any atom is -0.494 e. The lowest BCUT2D eigenvalue weighted by atomic mass is 10.1. The van der Waals surface area contributed by atoms with Crippen LogP contribution in [0.3, 0.4) is 0 Å². The van der Waals surface area contributed by atoms with E-state index in [2.05, 4.69) is 0 Å². The third-order valence-electron chi connectivity index (χ3n) is 3.22. The van der Waals surface area contributed by atoms with Gasteiger partial charge < -0.3 is 9.47 Å². The van der Waals surface area contributed by atoms with Crippen LogP contribution in [0.2, 0.25) is 0 Å². The summed E-state index contributed by atoms with van der Waals surface area (Å²) in [6.07, 6.45) is 4.23. The van der Waals surface area contributed by atoms with E-state index in [1.165, 1.54) is 6.08 Å². The molecular weight excluding hydrogens is 302 g/mol. The van der Waals surface area contributed by atoms with Crippen molar-refractivity contribution in [3.05, 3.63) is 65.7 Å². The number of rotatable bonds is 8. The van der Waals surface area contributed by atoms with Gasteiger partial charge in [-0.2, -0.15) is 5.26 Å². The van der Waals surface area contributed by atoms with Crippen LogP contribution < -0.4 is 9.47 Å². The van der Waals surface area contributed by atoms with Crippen LogP contribution in [0.25, 0.3) is 6.08 Å². The second kappa shape index (κ2) is 9.16. The SMILES string of the molecule is CCCOc1ccc(C(=O)/C=C/c2ccc(OCC#N)cc2)cc1. The first-order chi connectivity index (χ1) is 11.7. The lowest BCUT2D eigenvalue weighted by Gasteiger charge is -2.04. The van der Waals surface area contributed by atoms with Crippen LogP contribution in [0, 0.1) is 11.3 Å². The Balaban J connectivity index is 1.95. The van der Waals surface area contributed by atoms with Gasteiger partial charge in [0, 0.05) is 5.56 Å². The number of nitrogens with zero attached hydrogens (tertiary/aromatic N) is 1. The van der Waals surface area contributed by atoms with Gasteiger partial charge in [-0.05, 0) is 54.5 Å². The van der Waals surface area contributed by atoms with E-state index in [1.54, 1.807) is 42.5 Å². The maximum atomic E-state index is 12.2. The fraction of sp³-hybridized carbons (Fsp3) is 0.200. The second-order valence-corrected chi connectivity index (χ2v) is 5.09. The van der Waals surface area contributed by atoms with Gasteiger partial charge in [0.15, 0.2) is 12.4 Å². The fourth-order valence-electron chi connectivity index (χ4n) is 1.99. The summed E-state index contributed by atoms with van der Waals surface area (Å²) >= 11 is 0. The maximum absolute atomic E-state index is 12.2. The first-order valence-electron chi connectivity index (χ1n) is 7.78. The molecule has 0 unspecified atom stereocenters. The molecule has 2 aromatic rings. The molecule has 0 spiro atoms. The molecule has 4 heteroatoms. The van der Waals surface area contributed by atoms with Crippen molar-refractivity contribution in [3.63, 3.8) is 0 Å². The number of hydrogen-bond acceptors (Lipinski definition) is 4. The molecular formula is C20H19NO3. The molecule has 0 atom stereocenters. The predicted molar refractivity (Wildman–Crippen MR) is 93.1 cm³/mol. The van der Waals surface area contributed by atoms with E-state index in [0.29, 0.717) is 17.9 Å². The summed E-state index contributed by atoms with van der Waals surface area (Å²) < 4.78 is 10.7. The Bertz CT molecular complexity index is 725. The molecule has 0 amide bonds. The molecule has 0 N–H and O–H groups in total. The second-order valence-electron chi connectivity index (χ2n) is 5.09. The Morgan fingerprint density at radius 3 is 2.29 bits per heavy atom. The van der Waals surface area contributed by atoms with Gasteiger partial charge in [0.2, 0.25) is 0 Å². The molecule has 0 bridgehead atoms. The van der Waals surface area contributed by atoms with Gasteiger partial charge in [0.1, 0.15) is 17.6 Å². The average Bonchev–Trinajstić information content (AvgIpc) is 2.64. The van der Waals surface area contributed by atoms with Crippen LogP contribution in [0.4, 0.5) is 0 Å². The Hall–Kier alpha value is -3.06. The number of allylic oxidation sites excluding steroid dienone is 1. The molecule has 2 aromatic carbocycles. The van der Waals surface area contributed by atoms with Crippen molar-refractivity contribution in [2.24, 2.45) is 0 Å². The van der Waals surface area contributed by atoms with E-state index in [9.17, 15) is 4.79 Å². The van der Waals surface area contributed by atoms with Crippen molar-refractivity contribution in [1.29, 1.82) is 5.26 Å². The van der Waals surface area contributed by atoms with Crippen molar-refractivity contribution in [3.8, 4) is 17.6 Å². The first-order valence-corrected chi connectivity index (χ1v) is 7.78. The van der Waals surface area contributed by atoms with Crippen LogP contribution >= 0.6 is 0 Å². The van der Waals surface area contributed by atoms with Crippen LogP contribution in [0.1, 0.15) is 29.3 Å². The standard InChI is InChI=1S/C20H19NO3/c1-2-14-23-19-10-6-17(7-11-19)20(22)12-5-16-3-8-18(9-4-16)24-15-13-21/h3-12H,2,14-15H2,1H3/b12-5+. The van der Waals surface area contributed by atoms with E-state index >= 15 is 0 Å². The number of benzene rings is 2. The van der Waals surface area contributed by atoms with Crippen molar-refractivity contribution in [2.45, 2.75) is 13.3 Å². The van der Waals surface area contributed by atoms with Crippen LogP contribution in [-0.4, -0.2) is 19.0 Å². The fourth-order valence-corrected chi connectivity index (χ4v) is 1.99.